The van der Waals surface area contributed by atoms with Gasteiger partial charge in [0.25, 0.3) is 0 Å². The molecule has 0 aliphatic carbocycles. The van der Waals surface area contributed by atoms with E-state index in [1.807, 2.05) is 31.2 Å². The van der Waals surface area contributed by atoms with Gasteiger partial charge in [0.2, 0.25) is 0 Å². The molecule has 0 bridgehead atoms. The Kier molecular flexibility index (Phi) is 3.54. The third-order valence-electron chi connectivity index (χ3n) is 3.61. The Balaban J connectivity index is 2.29. The highest BCUT2D eigenvalue weighted by atomic mass is 32.2. The largest absolute Gasteiger partial charge is 0.330 e. The first-order chi connectivity index (χ1) is 8.02. The predicted molar refractivity (Wildman–Crippen MR) is 69.7 cm³/mol. The van der Waals surface area contributed by atoms with Crippen molar-refractivity contribution in [2.75, 3.05) is 18.1 Å². The van der Waals surface area contributed by atoms with Crippen LogP contribution in [0.4, 0.5) is 0 Å². The van der Waals surface area contributed by atoms with E-state index in [-0.39, 0.29) is 17.4 Å². The molecule has 2 atom stereocenters. The van der Waals surface area contributed by atoms with Crippen molar-refractivity contribution in [2.24, 2.45) is 11.7 Å². The van der Waals surface area contributed by atoms with Gasteiger partial charge in [0.05, 0.1) is 11.5 Å². The van der Waals surface area contributed by atoms with Gasteiger partial charge in [0.1, 0.15) is 0 Å². The molecule has 1 aliphatic rings. The zero-order valence-electron chi connectivity index (χ0n) is 10.1. The van der Waals surface area contributed by atoms with Crippen LogP contribution in [0.3, 0.4) is 0 Å². The van der Waals surface area contributed by atoms with Crippen LogP contribution in [0.15, 0.2) is 24.3 Å². The van der Waals surface area contributed by atoms with Gasteiger partial charge in [-0.05, 0) is 31.4 Å². The fourth-order valence-corrected chi connectivity index (χ4v) is 4.33. The van der Waals surface area contributed by atoms with Gasteiger partial charge in [-0.1, -0.05) is 29.8 Å². The van der Waals surface area contributed by atoms with Gasteiger partial charge >= 0.3 is 0 Å². The van der Waals surface area contributed by atoms with Gasteiger partial charge in [0, 0.05) is 5.92 Å². The SMILES string of the molecule is Cc1ccc(C2CS(=O)(=O)CCC2CN)cc1. The molecule has 3 nitrogen and oxygen atoms in total. The third kappa shape index (κ3) is 2.87. The van der Waals surface area contributed by atoms with Crippen LogP contribution in [0.25, 0.3) is 0 Å². The Labute approximate surface area is 103 Å². The van der Waals surface area contributed by atoms with E-state index in [0.717, 1.165) is 5.56 Å². The van der Waals surface area contributed by atoms with E-state index in [9.17, 15) is 8.42 Å². The summed E-state index contributed by atoms with van der Waals surface area (Å²) in [7, 11) is -2.89. The van der Waals surface area contributed by atoms with Gasteiger partial charge in [-0.3, -0.25) is 0 Å². The Morgan fingerprint density at radius 1 is 1.29 bits per heavy atom. The summed E-state index contributed by atoms with van der Waals surface area (Å²) in [5, 5.41) is 0. The summed E-state index contributed by atoms with van der Waals surface area (Å²) in [5.41, 5.74) is 8.05. The monoisotopic (exact) mass is 253 g/mol. The lowest BCUT2D eigenvalue weighted by molar-refractivity contribution is 0.421. The molecule has 0 aromatic heterocycles. The second-order valence-electron chi connectivity index (χ2n) is 4.92. The number of aryl methyl sites for hydroxylation is 1. The van der Waals surface area contributed by atoms with Crippen molar-refractivity contribution in [1.82, 2.24) is 0 Å². The predicted octanol–water partition coefficient (Wildman–Crippen LogP) is 1.47. The number of hydrogen-bond acceptors (Lipinski definition) is 3. The van der Waals surface area contributed by atoms with Crippen molar-refractivity contribution in [1.29, 1.82) is 0 Å². The lowest BCUT2D eigenvalue weighted by Crippen LogP contribution is -2.35. The molecular formula is C13H19NO2S. The van der Waals surface area contributed by atoms with Gasteiger partial charge < -0.3 is 5.73 Å². The minimum absolute atomic E-state index is 0.0688. The molecule has 1 aliphatic heterocycles. The zero-order valence-corrected chi connectivity index (χ0v) is 10.9. The minimum atomic E-state index is -2.89. The molecule has 1 aromatic carbocycles. The van der Waals surface area contributed by atoms with Crippen molar-refractivity contribution < 1.29 is 8.42 Å². The molecule has 94 valence electrons. The van der Waals surface area contributed by atoms with Crippen LogP contribution in [0.5, 0.6) is 0 Å². The summed E-state index contributed by atoms with van der Waals surface area (Å²) in [6.07, 6.45) is 0.692. The standard InChI is InChI=1S/C13H19NO2S/c1-10-2-4-11(5-3-10)13-9-17(15,16)7-6-12(13)8-14/h2-5,12-13H,6-9,14H2,1H3. The maximum absolute atomic E-state index is 11.7. The Morgan fingerprint density at radius 3 is 2.53 bits per heavy atom. The van der Waals surface area contributed by atoms with E-state index < -0.39 is 9.84 Å². The normalized spacial score (nSPS) is 27.9. The van der Waals surface area contributed by atoms with Crippen molar-refractivity contribution in [2.45, 2.75) is 19.3 Å². The molecule has 1 fully saturated rings. The van der Waals surface area contributed by atoms with Crippen molar-refractivity contribution >= 4 is 9.84 Å². The fraction of sp³-hybridized carbons (Fsp3) is 0.538. The van der Waals surface area contributed by atoms with E-state index in [0.29, 0.717) is 18.9 Å². The number of hydrogen-bond donors (Lipinski definition) is 1. The van der Waals surface area contributed by atoms with Crippen LogP contribution in [-0.4, -0.2) is 26.5 Å². The molecule has 0 radical (unpaired) electrons. The van der Waals surface area contributed by atoms with Crippen LogP contribution in [-0.2, 0) is 9.84 Å². The first-order valence-electron chi connectivity index (χ1n) is 5.99. The van der Waals surface area contributed by atoms with Crippen molar-refractivity contribution in [3.8, 4) is 0 Å². The van der Waals surface area contributed by atoms with Gasteiger partial charge in [-0.25, -0.2) is 8.42 Å². The highest BCUT2D eigenvalue weighted by molar-refractivity contribution is 7.91. The molecule has 1 saturated heterocycles. The molecule has 1 aromatic rings. The average molecular weight is 253 g/mol. The Morgan fingerprint density at radius 2 is 1.94 bits per heavy atom. The minimum Gasteiger partial charge on any atom is -0.330 e. The number of sulfone groups is 1. The van der Waals surface area contributed by atoms with Gasteiger partial charge in [-0.15, -0.1) is 0 Å². The van der Waals surface area contributed by atoms with Crippen molar-refractivity contribution in [3.63, 3.8) is 0 Å². The second kappa shape index (κ2) is 4.78. The van der Waals surface area contributed by atoms with Gasteiger partial charge in [-0.2, -0.15) is 0 Å². The maximum atomic E-state index is 11.7. The van der Waals surface area contributed by atoms with Crippen LogP contribution in [0.1, 0.15) is 23.5 Å². The quantitative estimate of drug-likeness (QED) is 0.868. The van der Waals surface area contributed by atoms with Crippen LogP contribution >= 0.6 is 0 Å². The second-order valence-corrected chi connectivity index (χ2v) is 7.14. The Bertz CT molecular complexity index is 479. The fourth-order valence-electron chi connectivity index (χ4n) is 2.49. The smallest absolute Gasteiger partial charge is 0.150 e. The van der Waals surface area contributed by atoms with E-state index in [1.165, 1.54) is 5.56 Å². The molecule has 4 heteroatoms. The number of rotatable bonds is 2. The first kappa shape index (κ1) is 12.6. The lowest BCUT2D eigenvalue weighted by Gasteiger charge is -2.30. The van der Waals surface area contributed by atoms with Crippen LogP contribution in [0.2, 0.25) is 0 Å². The van der Waals surface area contributed by atoms with Crippen LogP contribution in [0, 0.1) is 12.8 Å². The maximum Gasteiger partial charge on any atom is 0.150 e. The highest BCUT2D eigenvalue weighted by Gasteiger charge is 2.33. The average Bonchev–Trinajstić information content (AvgIpc) is 2.29. The third-order valence-corrected chi connectivity index (χ3v) is 5.34. The molecule has 2 rings (SSSR count). The summed E-state index contributed by atoms with van der Waals surface area (Å²) in [5.74, 6) is 0.899. The van der Waals surface area contributed by atoms with E-state index in [4.69, 9.17) is 5.73 Å². The van der Waals surface area contributed by atoms with Crippen LogP contribution < -0.4 is 5.73 Å². The van der Waals surface area contributed by atoms with E-state index in [1.54, 1.807) is 0 Å². The number of benzene rings is 1. The highest BCUT2D eigenvalue weighted by Crippen LogP contribution is 2.33. The summed E-state index contributed by atoms with van der Waals surface area (Å²) < 4.78 is 23.4. The summed E-state index contributed by atoms with van der Waals surface area (Å²) >= 11 is 0. The summed E-state index contributed by atoms with van der Waals surface area (Å²) in [6.45, 7) is 2.59. The lowest BCUT2D eigenvalue weighted by atomic mass is 9.85. The molecular weight excluding hydrogens is 234 g/mol. The van der Waals surface area contributed by atoms with Crippen molar-refractivity contribution in [3.05, 3.63) is 35.4 Å². The molecule has 2 N–H and O–H groups in total. The number of nitrogens with two attached hydrogens (primary N) is 1. The molecule has 0 spiro atoms. The summed E-state index contributed by atoms with van der Waals surface area (Å²) in [4.78, 5) is 0. The van der Waals surface area contributed by atoms with E-state index >= 15 is 0 Å². The molecule has 17 heavy (non-hydrogen) atoms. The summed E-state index contributed by atoms with van der Waals surface area (Å²) in [6, 6.07) is 8.13. The Hall–Kier alpha value is -0.870. The van der Waals surface area contributed by atoms with Gasteiger partial charge in [0.15, 0.2) is 9.84 Å². The molecule has 0 amide bonds. The first-order valence-corrected chi connectivity index (χ1v) is 7.81. The topological polar surface area (TPSA) is 60.2 Å². The molecule has 0 saturated carbocycles. The van der Waals surface area contributed by atoms with E-state index in [2.05, 4.69) is 0 Å². The zero-order chi connectivity index (χ0) is 12.5. The molecule has 2 unspecified atom stereocenters. The molecule has 1 heterocycles.